The smallest absolute Gasteiger partial charge is 0.269 e. The quantitative estimate of drug-likeness (QED) is 0.417. The molecule has 4 rings (SSSR count). The van der Waals surface area contributed by atoms with E-state index < -0.39 is 17.6 Å². The average molecular weight is 419 g/mol. The van der Waals surface area contributed by atoms with Crippen molar-refractivity contribution in [3.63, 3.8) is 0 Å². The number of aromatic amines is 1. The van der Waals surface area contributed by atoms with Gasteiger partial charge in [-0.15, -0.1) is 0 Å². The van der Waals surface area contributed by atoms with Gasteiger partial charge in [0.05, 0.1) is 0 Å². The van der Waals surface area contributed by atoms with E-state index in [1.165, 1.54) is 24.3 Å². The first-order valence-electron chi connectivity index (χ1n) is 9.71. The molecule has 156 valence electrons. The van der Waals surface area contributed by atoms with Gasteiger partial charge in [-0.1, -0.05) is 30.3 Å². The van der Waals surface area contributed by atoms with Crippen molar-refractivity contribution < 1.29 is 18.4 Å². The third kappa shape index (κ3) is 4.61. The van der Waals surface area contributed by atoms with Crippen LogP contribution in [0.15, 0.2) is 72.8 Å². The highest BCUT2D eigenvalue weighted by atomic mass is 19.1. The molecule has 0 spiro atoms. The number of carbonyl (C=O) groups excluding carboxylic acids is 2. The monoisotopic (exact) mass is 419 g/mol. The fourth-order valence-electron chi connectivity index (χ4n) is 3.43. The lowest BCUT2D eigenvalue weighted by Gasteiger charge is -2.09. The molecule has 0 bridgehead atoms. The van der Waals surface area contributed by atoms with Crippen molar-refractivity contribution in [2.24, 2.45) is 0 Å². The van der Waals surface area contributed by atoms with E-state index in [1.54, 1.807) is 6.07 Å². The molecule has 1 aromatic heterocycles. The van der Waals surface area contributed by atoms with Crippen LogP contribution in [0.2, 0.25) is 0 Å². The summed E-state index contributed by atoms with van der Waals surface area (Å²) >= 11 is 0. The number of fused-ring (bicyclic) bond motifs is 1. The molecule has 5 nitrogen and oxygen atoms in total. The summed E-state index contributed by atoms with van der Waals surface area (Å²) in [6.07, 6.45) is 0.416. The van der Waals surface area contributed by atoms with Crippen LogP contribution in [-0.4, -0.2) is 16.8 Å². The van der Waals surface area contributed by atoms with E-state index >= 15 is 0 Å². The van der Waals surface area contributed by atoms with Crippen molar-refractivity contribution in [2.75, 3.05) is 0 Å². The number of aromatic nitrogens is 1. The van der Waals surface area contributed by atoms with Crippen LogP contribution in [0, 0.1) is 11.6 Å². The van der Waals surface area contributed by atoms with Crippen LogP contribution < -0.4 is 10.9 Å². The summed E-state index contributed by atoms with van der Waals surface area (Å²) in [7, 11) is 0. The minimum Gasteiger partial charge on any atom is -0.354 e. The van der Waals surface area contributed by atoms with Crippen molar-refractivity contribution in [1.29, 1.82) is 0 Å². The molecule has 0 saturated carbocycles. The molecule has 3 aromatic carbocycles. The fraction of sp³-hybridized carbons (Fsp3) is 0.0833. The molecule has 0 atom stereocenters. The van der Waals surface area contributed by atoms with Crippen LogP contribution in [0.3, 0.4) is 0 Å². The van der Waals surface area contributed by atoms with Gasteiger partial charge in [-0.25, -0.2) is 8.78 Å². The Hall–Kier alpha value is -4.00. The fourth-order valence-corrected chi connectivity index (χ4v) is 3.43. The molecule has 3 N–H and O–H groups in total. The van der Waals surface area contributed by atoms with Gasteiger partial charge in [-0.3, -0.25) is 20.4 Å². The maximum absolute atomic E-state index is 13.9. The first-order chi connectivity index (χ1) is 15.0. The van der Waals surface area contributed by atoms with Gasteiger partial charge < -0.3 is 4.98 Å². The number of rotatable bonds is 5. The molecular weight excluding hydrogens is 400 g/mol. The number of hydrazine groups is 1. The molecule has 31 heavy (non-hydrogen) atoms. The Morgan fingerprint density at radius 3 is 2.29 bits per heavy atom. The lowest BCUT2D eigenvalue weighted by molar-refractivity contribution is -0.121. The Morgan fingerprint density at radius 1 is 0.839 bits per heavy atom. The normalized spacial score (nSPS) is 10.8. The number of aryl methyl sites for hydroxylation is 1. The minimum absolute atomic E-state index is 0.0764. The summed E-state index contributed by atoms with van der Waals surface area (Å²) in [6, 6.07) is 19.1. The molecule has 0 aliphatic carbocycles. The van der Waals surface area contributed by atoms with Crippen molar-refractivity contribution in [1.82, 2.24) is 15.8 Å². The molecular formula is C24H19F2N3O2. The van der Waals surface area contributed by atoms with E-state index in [0.717, 1.165) is 34.5 Å². The second kappa shape index (κ2) is 8.79. The highest BCUT2D eigenvalue weighted by Crippen LogP contribution is 2.31. The zero-order valence-electron chi connectivity index (χ0n) is 16.4. The second-order valence-corrected chi connectivity index (χ2v) is 7.04. The van der Waals surface area contributed by atoms with Crippen LogP contribution in [0.4, 0.5) is 8.78 Å². The molecule has 1 heterocycles. The third-order valence-corrected chi connectivity index (χ3v) is 4.95. The number of H-pyrrole nitrogens is 1. The van der Waals surface area contributed by atoms with Gasteiger partial charge in [0, 0.05) is 28.6 Å². The van der Waals surface area contributed by atoms with Gasteiger partial charge in [0.2, 0.25) is 5.91 Å². The number of amides is 2. The van der Waals surface area contributed by atoms with E-state index in [4.69, 9.17) is 0 Å². The maximum atomic E-state index is 13.9. The predicted octanol–water partition coefficient (Wildman–Crippen LogP) is 4.51. The number of carbonyl (C=O) groups is 2. The Kier molecular flexibility index (Phi) is 5.75. The lowest BCUT2D eigenvalue weighted by atomic mass is 10.0. The van der Waals surface area contributed by atoms with Crippen LogP contribution >= 0.6 is 0 Å². The number of benzene rings is 3. The zero-order valence-corrected chi connectivity index (χ0v) is 16.4. The van der Waals surface area contributed by atoms with E-state index in [-0.39, 0.29) is 17.8 Å². The average Bonchev–Trinajstić information content (AvgIpc) is 3.14. The van der Waals surface area contributed by atoms with E-state index in [0.29, 0.717) is 11.8 Å². The van der Waals surface area contributed by atoms with Gasteiger partial charge in [-0.05, 0) is 60.0 Å². The van der Waals surface area contributed by atoms with E-state index in [2.05, 4.69) is 15.8 Å². The summed E-state index contributed by atoms with van der Waals surface area (Å²) in [6.45, 7) is 0. The summed E-state index contributed by atoms with van der Waals surface area (Å²) in [5.41, 5.74) is 8.25. The number of hydrogen-bond acceptors (Lipinski definition) is 2. The summed E-state index contributed by atoms with van der Waals surface area (Å²) in [4.78, 5) is 27.7. The summed E-state index contributed by atoms with van der Waals surface area (Å²) in [5.74, 6) is -1.76. The minimum atomic E-state index is -0.549. The first kappa shape index (κ1) is 20.3. The molecule has 0 aliphatic rings. The third-order valence-electron chi connectivity index (χ3n) is 4.95. The SMILES string of the molecule is O=C(CCc1c(-c2ccccc2)[nH]c2ccc(F)cc12)NNC(=O)c1ccc(F)cc1. The molecule has 4 aromatic rings. The zero-order chi connectivity index (χ0) is 21.8. The van der Waals surface area contributed by atoms with Gasteiger partial charge in [0.25, 0.3) is 5.91 Å². The topological polar surface area (TPSA) is 74.0 Å². The Morgan fingerprint density at radius 2 is 1.55 bits per heavy atom. The van der Waals surface area contributed by atoms with Crippen LogP contribution in [0.1, 0.15) is 22.3 Å². The molecule has 0 fully saturated rings. The van der Waals surface area contributed by atoms with Gasteiger partial charge in [-0.2, -0.15) is 0 Å². The molecule has 0 unspecified atom stereocenters. The van der Waals surface area contributed by atoms with Crippen LogP contribution in [0.25, 0.3) is 22.2 Å². The van der Waals surface area contributed by atoms with Crippen molar-refractivity contribution >= 4 is 22.7 Å². The highest BCUT2D eigenvalue weighted by molar-refractivity contribution is 5.95. The second-order valence-electron chi connectivity index (χ2n) is 7.04. The van der Waals surface area contributed by atoms with Crippen molar-refractivity contribution in [3.8, 4) is 11.3 Å². The number of hydrogen-bond donors (Lipinski definition) is 3. The standard InChI is InChI=1S/C24H19F2N3O2/c25-17-8-6-16(7-9-17)24(31)29-28-22(30)13-11-19-20-14-18(26)10-12-21(20)27-23(19)15-4-2-1-3-5-15/h1-10,12,14,27H,11,13H2,(H,28,30)(H,29,31). The van der Waals surface area contributed by atoms with E-state index in [1.807, 2.05) is 30.3 Å². The van der Waals surface area contributed by atoms with E-state index in [9.17, 15) is 18.4 Å². The van der Waals surface area contributed by atoms with Gasteiger partial charge in [0.15, 0.2) is 0 Å². The number of halogens is 2. The Balaban J connectivity index is 1.48. The Bertz CT molecular complexity index is 1240. The Labute approximate surface area is 177 Å². The van der Waals surface area contributed by atoms with Crippen LogP contribution in [-0.2, 0) is 11.2 Å². The molecule has 0 saturated heterocycles. The molecule has 0 radical (unpaired) electrons. The lowest BCUT2D eigenvalue weighted by Crippen LogP contribution is -2.41. The molecule has 7 heteroatoms. The number of nitrogens with one attached hydrogen (secondary N) is 3. The van der Waals surface area contributed by atoms with Crippen molar-refractivity contribution in [3.05, 3.63) is 95.6 Å². The summed E-state index contributed by atoms with van der Waals surface area (Å²) < 4.78 is 26.8. The predicted molar refractivity (Wildman–Crippen MR) is 114 cm³/mol. The van der Waals surface area contributed by atoms with Crippen molar-refractivity contribution in [2.45, 2.75) is 12.8 Å². The van der Waals surface area contributed by atoms with Gasteiger partial charge in [0.1, 0.15) is 11.6 Å². The van der Waals surface area contributed by atoms with Crippen LogP contribution in [0.5, 0.6) is 0 Å². The maximum Gasteiger partial charge on any atom is 0.269 e. The summed E-state index contributed by atoms with van der Waals surface area (Å²) in [5, 5.41) is 0.710. The molecule has 2 amide bonds. The largest absolute Gasteiger partial charge is 0.354 e. The van der Waals surface area contributed by atoms with Gasteiger partial charge >= 0.3 is 0 Å². The highest BCUT2D eigenvalue weighted by Gasteiger charge is 2.16. The molecule has 0 aliphatic heterocycles. The first-order valence-corrected chi connectivity index (χ1v) is 9.71.